The van der Waals surface area contributed by atoms with Crippen molar-refractivity contribution in [2.45, 2.75) is 19.5 Å². The Morgan fingerprint density at radius 1 is 1.22 bits per heavy atom. The summed E-state index contributed by atoms with van der Waals surface area (Å²) in [4.78, 5) is 4.02. The molecule has 1 heterocycles. The first-order valence-electron chi connectivity index (χ1n) is 6.06. The Balaban J connectivity index is 1.95. The number of hydrogen-bond donors (Lipinski definition) is 1. The highest BCUT2D eigenvalue weighted by atomic mass is 16.5. The zero-order valence-electron chi connectivity index (χ0n) is 10.8. The molecule has 1 atom stereocenters. The van der Waals surface area contributed by atoms with Gasteiger partial charge in [0.1, 0.15) is 5.75 Å². The third-order valence-electron chi connectivity index (χ3n) is 2.95. The van der Waals surface area contributed by atoms with Gasteiger partial charge in [-0.05, 0) is 42.3 Å². The summed E-state index contributed by atoms with van der Waals surface area (Å²) in [6.45, 7) is 2.97. The van der Waals surface area contributed by atoms with Crippen LogP contribution in [0.3, 0.4) is 0 Å². The van der Waals surface area contributed by atoms with Crippen molar-refractivity contribution >= 4 is 0 Å². The number of ether oxygens (including phenoxy) is 1. The van der Waals surface area contributed by atoms with Crippen LogP contribution in [0, 0.1) is 0 Å². The lowest BCUT2D eigenvalue weighted by molar-refractivity contribution is 0.414. The molecule has 18 heavy (non-hydrogen) atoms. The summed E-state index contributed by atoms with van der Waals surface area (Å²) in [7, 11) is 1.69. The molecule has 0 aliphatic heterocycles. The summed E-state index contributed by atoms with van der Waals surface area (Å²) in [6, 6.07) is 12.5. The van der Waals surface area contributed by atoms with Crippen LogP contribution in [0.15, 0.2) is 48.8 Å². The Bertz CT molecular complexity index is 485. The Morgan fingerprint density at radius 2 is 2.00 bits per heavy atom. The summed E-state index contributed by atoms with van der Waals surface area (Å²) in [5.41, 5.74) is 2.46. The van der Waals surface area contributed by atoms with E-state index in [9.17, 15) is 0 Å². The summed E-state index contributed by atoms with van der Waals surface area (Å²) in [5, 5.41) is 3.48. The lowest BCUT2D eigenvalue weighted by Crippen LogP contribution is -2.18. The van der Waals surface area contributed by atoms with Gasteiger partial charge in [-0.3, -0.25) is 4.98 Å². The van der Waals surface area contributed by atoms with E-state index in [2.05, 4.69) is 23.3 Å². The van der Waals surface area contributed by atoms with Gasteiger partial charge in [-0.1, -0.05) is 12.1 Å². The fourth-order valence-electron chi connectivity index (χ4n) is 1.82. The molecule has 0 saturated heterocycles. The molecule has 94 valence electrons. The van der Waals surface area contributed by atoms with E-state index in [0.717, 1.165) is 12.3 Å². The highest BCUT2D eigenvalue weighted by Gasteiger charge is 2.04. The molecule has 2 rings (SSSR count). The molecule has 0 aliphatic carbocycles. The predicted molar refractivity (Wildman–Crippen MR) is 72.5 cm³/mol. The third kappa shape index (κ3) is 3.31. The number of pyridine rings is 1. The van der Waals surface area contributed by atoms with E-state index in [4.69, 9.17) is 4.74 Å². The van der Waals surface area contributed by atoms with E-state index in [-0.39, 0.29) is 0 Å². The molecule has 2 aromatic rings. The molecular weight excluding hydrogens is 224 g/mol. The Hall–Kier alpha value is -1.87. The van der Waals surface area contributed by atoms with Crippen molar-refractivity contribution in [3.63, 3.8) is 0 Å². The molecule has 1 N–H and O–H groups in total. The molecule has 0 bridgehead atoms. The monoisotopic (exact) mass is 242 g/mol. The van der Waals surface area contributed by atoms with Crippen molar-refractivity contribution in [2.24, 2.45) is 0 Å². The lowest BCUT2D eigenvalue weighted by atomic mass is 10.1. The van der Waals surface area contributed by atoms with Gasteiger partial charge in [0.2, 0.25) is 0 Å². The second-order valence-electron chi connectivity index (χ2n) is 4.23. The van der Waals surface area contributed by atoms with Crippen LogP contribution in [-0.4, -0.2) is 12.1 Å². The summed E-state index contributed by atoms with van der Waals surface area (Å²) in [6.07, 6.45) is 3.64. The second kappa shape index (κ2) is 6.17. The van der Waals surface area contributed by atoms with E-state index in [1.807, 2.05) is 42.7 Å². The topological polar surface area (TPSA) is 34.1 Å². The lowest BCUT2D eigenvalue weighted by Gasteiger charge is -2.14. The fourth-order valence-corrected chi connectivity index (χ4v) is 1.82. The molecule has 3 heteroatoms. The molecule has 0 fully saturated rings. The number of nitrogens with one attached hydrogen (secondary N) is 1. The standard InChI is InChI=1S/C15H18N2O/c1-12(14-6-8-16-9-7-14)17-11-13-4-3-5-15(10-13)18-2/h3-10,12,17H,11H2,1-2H3/t12-/m0/s1. The van der Waals surface area contributed by atoms with E-state index in [1.165, 1.54) is 11.1 Å². The maximum atomic E-state index is 5.21. The molecule has 0 radical (unpaired) electrons. The van der Waals surface area contributed by atoms with E-state index in [1.54, 1.807) is 7.11 Å². The van der Waals surface area contributed by atoms with Crippen molar-refractivity contribution in [3.8, 4) is 5.75 Å². The van der Waals surface area contributed by atoms with Gasteiger partial charge in [-0.15, -0.1) is 0 Å². The third-order valence-corrected chi connectivity index (χ3v) is 2.95. The molecule has 0 unspecified atom stereocenters. The number of benzene rings is 1. The van der Waals surface area contributed by atoms with Crippen molar-refractivity contribution < 1.29 is 4.74 Å². The first-order valence-corrected chi connectivity index (χ1v) is 6.06. The van der Waals surface area contributed by atoms with E-state index in [0.29, 0.717) is 6.04 Å². The zero-order chi connectivity index (χ0) is 12.8. The Kier molecular flexibility index (Phi) is 4.31. The molecule has 0 amide bonds. The fraction of sp³-hybridized carbons (Fsp3) is 0.267. The molecule has 0 aliphatic rings. The molecule has 0 saturated carbocycles. The first kappa shape index (κ1) is 12.6. The predicted octanol–water partition coefficient (Wildman–Crippen LogP) is 2.94. The van der Waals surface area contributed by atoms with Gasteiger partial charge in [-0.25, -0.2) is 0 Å². The minimum absolute atomic E-state index is 0.305. The van der Waals surface area contributed by atoms with Crippen LogP contribution < -0.4 is 10.1 Å². The highest BCUT2D eigenvalue weighted by molar-refractivity contribution is 5.28. The quantitative estimate of drug-likeness (QED) is 0.875. The van der Waals surface area contributed by atoms with Crippen LogP contribution in [0.1, 0.15) is 24.1 Å². The Morgan fingerprint density at radius 3 is 2.72 bits per heavy atom. The number of aromatic nitrogens is 1. The first-order chi connectivity index (χ1) is 8.79. The SMILES string of the molecule is COc1cccc(CN[C@@H](C)c2ccncc2)c1. The van der Waals surface area contributed by atoms with Gasteiger partial charge in [0.25, 0.3) is 0 Å². The van der Waals surface area contributed by atoms with E-state index < -0.39 is 0 Å². The largest absolute Gasteiger partial charge is 0.497 e. The number of methoxy groups -OCH3 is 1. The average Bonchev–Trinajstić information content (AvgIpc) is 2.46. The van der Waals surface area contributed by atoms with Crippen LogP contribution in [0.5, 0.6) is 5.75 Å². The molecule has 3 nitrogen and oxygen atoms in total. The van der Waals surface area contributed by atoms with Gasteiger partial charge in [0, 0.05) is 25.0 Å². The van der Waals surface area contributed by atoms with Crippen molar-refractivity contribution in [1.82, 2.24) is 10.3 Å². The minimum atomic E-state index is 0.305. The maximum Gasteiger partial charge on any atom is 0.119 e. The van der Waals surface area contributed by atoms with Crippen molar-refractivity contribution in [1.29, 1.82) is 0 Å². The normalized spacial score (nSPS) is 12.1. The van der Waals surface area contributed by atoms with Gasteiger partial charge in [-0.2, -0.15) is 0 Å². The number of nitrogens with zero attached hydrogens (tertiary/aromatic N) is 1. The molecular formula is C15H18N2O. The summed E-state index contributed by atoms with van der Waals surface area (Å²) >= 11 is 0. The highest BCUT2D eigenvalue weighted by Crippen LogP contribution is 2.15. The van der Waals surface area contributed by atoms with Crippen LogP contribution in [0.25, 0.3) is 0 Å². The van der Waals surface area contributed by atoms with Crippen LogP contribution >= 0.6 is 0 Å². The van der Waals surface area contributed by atoms with Gasteiger partial charge >= 0.3 is 0 Å². The molecule has 1 aromatic carbocycles. The van der Waals surface area contributed by atoms with Gasteiger partial charge in [0.05, 0.1) is 7.11 Å². The number of hydrogen-bond acceptors (Lipinski definition) is 3. The maximum absolute atomic E-state index is 5.21. The van der Waals surface area contributed by atoms with Crippen molar-refractivity contribution in [3.05, 3.63) is 59.9 Å². The summed E-state index contributed by atoms with van der Waals surface area (Å²) < 4.78 is 5.21. The van der Waals surface area contributed by atoms with Crippen LogP contribution in [-0.2, 0) is 6.54 Å². The second-order valence-corrected chi connectivity index (χ2v) is 4.23. The molecule has 1 aromatic heterocycles. The van der Waals surface area contributed by atoms with Gasteiger partial charge in [0.15, 0.2) is 0 Å². The van der Waals surface area contributed by atoms with Gasteiger partial charge < -0.3 is 10.1 Å². The van der Waals surface area contributed by atoms with Crippen LogP contribution in [0.2, 0.25) is 0 Å². The van der Waals surface area contributed by atoms with E-state index >= 15 is 0 Å². The Labute approximate surface area is 108 Å². The van der Waals surface area contributed by atoms with Crippen LogP contribution in [0.4, 0.5) is 0 Å². The molecule has 0 spiro atoms. The van der Waals surface area contributed by atoms with Crippen molar-refractivity contribution in [2.75, 3.05) is 7.11 Å². The number of rotatable bonds is 5. The zero-order valence-corrected chi connectivity index (χ0v) is 10.8. The average molecular weight is 242 g/mol. The minimum Gasteiger partial charge on any atom is -0.497 e. The summed E-state index contributed by atoms with van der Waals surface area (Å²) in [5.74, 6) is 0.894. The smallest absolute Gasteiger partial charge is 0.119 e.